The van der Waals surface area contributed by atoms with Gasteiger partial charge in [-0.25, -0.2) is 0 Å². The smallest absolute Gasteiger partial charge is 0.170 e. The van der Waals surface area contributed by atoms with Gasteiger partial charge in [0.05, 0.1) is 5.92 Å². The molecule has 1 heteroatoms. The van der Waals surface area contributed by atoms with Crippen LogP contribution >= 0.6 is 0 Å². The second-order valence-corrected chi connectivity index (χ2v) is 6.16. The van der Waals surface area contributed by atoms with Crippen LogP contribution in [0.25, 0.3) is 0 Å². The highest BCUT2D eigenvalue weighted by molar-refractivity contribution is 6.01. The zero-order valence-corrected chi connectivity index (χ0v) is 14.2. The topological polar surface area (TPSA) is 17.1 Å². The summed E-state index contributed by atoms with van der Waals surface area (Å²) in [6.07, 6.45) is 2.66. The van der Waals surface area contributed by atoms with Crippen LogP contribution in [0.3, 0.4) is 0 Å². The van der Waals surface area contributed by atoms with Crippen LogP contribution in [0.15, 0.2) is 104 Å². The normalized spacial score (nSPS) is 13.0. The molecule has 0 fully saturated rings. The Morgan fingerprint density at radius 3 is 1.76 bits per heavy atom. The Hall–Kier alpha value is -2.93. The van der Waals surface area contributed by atoms with Gasteiger partial charge in [0.25, 0.3) is 0 Å². The Labute approximate surface area is 149 Å². The number of rotatable bonds is 7. The maximum Gasteiger partial charge on any atom is 0.170 e. The summed E-state index contributed by atoms with van der Waals surface area (Å²) in [5, 5.41) is 0. The van der Waals surface area contributed by atoms with Gasteiger partial charge in [-0.3, -0.25) is 4.79 Å². The highest BCUT2D eigenvalue weighted by Gasteiger charge is 2.30. The van der Waals surface area contributed by atoms with Crippen LogP contribution in [0.1, 0.15) is 39.7 Å². The van der Waals surface area contributed by atoms with E-state index in [1.54, 1.807) is 0 Å². The zero-order valence-electron chi connectivity index (χ0n) is 14.2. The molecule has 3 aromatic carbocycles. The highest BCUT2D eigenvalue weighted by Crippen LogP contribution is 2.38. The van der Waals surface area contributed by atoms with Gasteiger partial charge in [0, 0.05) is 11.5 Å². The number of carbonyl (C=O) groups is 1. The Balaban J connectivity index is 2.09. The van der Waals surface area contributed by atoms with E-state index >= 15 is 0 Å². The summed E-state index contributed by atoms with van der Waals surface area (Å²) in [5.41, 5.74) is 2.97. The first kappa shape index (κ1) is 16.9. The molecular weight excluding hydrogens is 304 g/mol. The standard InChI is InChI=1S/C24H22O/c1-2-12-22(19-13-6-3-7-14-19)23(20-15-8-4-9-16-20)24(25)21-17-10-5-11-18-21/h2-11,13-18,22-23H,1,12H2. The lowest BCUT2D eigenvalue weighted by Crippen LogP contribution is -2.21. The zero-order chi connectivity index (χ0) is 17.5. The van der Waals surface area contributed by atoms with Crippen molar-refractivity contribution in [3.05, 3.63) is 120 Å². The lowest BCUT2D eigenvalue weighted by Gasteiger charge is -2.26. The van der Waals surface area contributed by atoms with Crippen molar-refractivity contribution in [2.45, 2.75) is 18.3 Å². The molecule has 2 atom stereocenters. The maximum absolute atomic E-state index is 13.4. The summed E-state index contributed by atoms with van der Waals surface area (Å²) in [6, 6.07) is 29.9. The van der Waals surface area contributed by atoms with E-state index in [0.717, 1.165) is 17.5 Å². The van der Waals surface area contributed by atoms with E-state index in [-0.39, 0.29) is 17.6 Å². The largest absolute Gasteiger partial charge is 0.293 e. The third-order valence-electron chi connectivity index (χ3n) is 4.55. The summed E-state index contributed by atoms with van der Waals surface area (Å²) < 4.78 is 0. The molecule has 0 saturated heterocycles. The van der Waals surface area contributed by atoms with E-state index in [1.165, 1.54) is 5.56 Å². The van der Waals surface area contributed by atoms with E-state index in [1.807, 2.05) is 84.9 Å². The third kappa shape index (κ3) is 3.95. The van der Waals surface area contributed by atoms with Gasteiger partial charge in [-0.2, -0.15) is 0 Å². The average Bonchev–Trinajstić information content (AvgIpc) is 2.69. The van der Waals surface area contributed by atoms with Gasteiger partial charge in [-0.15, -0.1) is 6.58 Å². The number of benzene rings is 3. The molecule has 2 unspecified atom stereocenters. The van der Waals surface area contributed by atoms with Crippen molar-refractivity contribution in [2.24, 2.45) is 0 Å². The molecule has 0 heterocycles. The predicted molar refractivity (Wildman–Crippen MR) is 104 cm³/mol. The SMILES string of the molecule is C=CCC(c1ccccc1)C(C(=O)c1ccccc1)c1ccccc1. The quantitative estimate of drug-likeness (QED) is 0.383. The molecule has 0 aromatic heterocycles. The van der Waals surface area contributed by atoms with Crippen LogP contribution in [-0.2, 0) is 0 Å². The molecule has 3 aromatic rings. The average molecular weight is 326 g/mol. The van der Waals surface area contributed by atoms with E-state index in [2.05, 4.69) is 18.7 Å². The Morgan fingerprint density at radius 2 is 1.24 bits per heavy atom. The molecule has 0 amide bonds. The minimum atomic E-state index is -0.232. The summed E-state index contributed by atoms with van der Waals surface area (Å²) in [6.45, 7) is 3.92. The van der Waals surface area contributed by atoms with E-state index in [0.29, 0.717) is 0 Å². The third-order valence-corrected chi connectivity index (χ3v) is 4.55. The first-order chi connectivity index (χ1) is 12.3. The molecule has 0 bridgehead atoms. The van der Waals surface area contributed by atoms with Gasteiger partial charge in [-0.05, 0) is 17.5 Å². The number of hydrogen-bond acceptors (Lipinski definition) is 1. The van der Waals surface area contributed by atoms with Crippen LogP contribution < -0.4 is 0 Å². The van der Waals surface area contributed by atoms with E-state index < -0.39 is 0 Å². The minimum Gasteiger partial charge on any atom is -0.293 e. The van der Waals surface area contributed by atoms with Crippen molar-refractivity contribution >= 4 is 5.78 Å². The van der Waals surface area contributed by atoms with Crippen LogP contribution in [-0.4, -0.2) is 5.78 Å². The number of Topliss-reactive ketones (excluding diaryl/α,β-unsaturated/α-hetero) is 1. The van der Waals surface area contributed by atoms with Gasteiger partial charge < -0.3 is 0 Å². The molecule has 0 aliphatic heterocycles. The second-order valence-electron chi connectivity index (χ2n) is 6.16. The Morgan fingerprint density at radius 1 is 0.760 bits per heavy atom. The van der Waals surface area contributed by atoms with Crippen LogP contribution in [0.5, 0.6) is 0 Å². The number of allylic oxidation sites excluding steroid dienone is 1. The monoisotopic (exact) mass is 326 g/mol. The summed E-state index contributed by atoms with van der Waals surface area (Å²) in [4.78, 5) is 13.4. The summed E-state index contributed by atoms with van der Waals surface area (Å²) in [7, 11) is 0. The number of carbonyl (C=O) groups excluding carboxylic acids is 1. The van der Waals surface area contributed by atoms with Crippen molar-refractivity contribution in [1.82, 2.24) is 0 Å². The van der Waals surface area contributed by atoms with E-state index in [4.69, 9.17) is 0 Å². The van der Waals surface area contributed by atoms with Gasteiger partial charge in [0.15, 0.2) is 5.78 Å². The molecule has 0 spiro atoms. The molecule has 1 nitrogen and oxygen atoms in total. The van der Waals surface area contributed by atoms with Crippen molar-refractivity contribution in [3.8, 4) is 0 Å². The molecule has 0 radical (unpaired) electrons. The van der Waals surface area contributed by atoms with Gasteiger partial charge in [0.2, 0.25) is 0 Å². The number of ketones is 1. The summed E-state index contributed by atoms with van der Waals surface area (Å²) >= 11 is 0. The fourth-order valence-electron chi connectivity index (χ4n) is 3.35. The molecular formula is C24H22O. The molecule has 0 aliphatic rings. The number of hydrogen-bond donors (Lipinski definition) is 0. The fraction of sp³-hybridized carbons (Fsp3) is 0.125. The minimum absolute atomic E-state index is 0.0637. The Bertz CT molecular complexity index is 806. The first-order valence-corrected chi connectivity index (χ1v) is 8.61. The molecule has 3 rings (SSSR count). The molecule has 0 aliphatic carbocycles. The van der Waals surface area contributed by atoms with Crippen LogP contribution in [0, 0.1) is 0 Å². The lowest BCUT2D eigenvalue weighted by molar-refractivity contribution is 0.0946. The van der Waals surface area contributed by atoms with Gasteiger partial charge >= 0.3 is 0 Å². The van der Waals surface area contributed by atoms with E-state index in [9.17, 15) is 4.79 Å². The molecule has 124 valence electrons. The Kier molecular flexibility index (Phi) is 5.58. The molecule has 25 heavy (non-hydrogen) atoms. The van der Waals surface area contributed by atoms with Crippen LogP contribution in [0.4, 0.5) is 0 Å². The summed E-state index contributed by atoms with van der Waals surface area (Å²) in [5.74, 6) is -0.0136. The predicted octanol–water partition coefficient (Wildman–Crippen LogP) is 6.01. The maximum atomic E-state index is 13.4. The molecule has 0 saturated carbocycles. The fourth-order valence-corrected chi connectivity index (χ4v) is 3.35. The highest BCUT2D eigenvalue weighted by atomic mass is 16.1. The second kappa shape index (κ2) is 8.25. The van der Waals surface area contributed by atoms with Gasteiger partial charge in [-0.1, -0.05) is 97.1 Å². The van der Waals surface area contributed by atoms with Crippen molar-refractivity contribution < 1.29 is 4.79 Å². The van der Waals surface area contributed by atoms with Gasteiger partial charge in [0.1, 0.15) is 0 Å². The van der Waals surface area contributed by atoms with Crippen molar-refractivity contribution in [1.29, 1.82) is 0 Å². The van der Waals surface area contributed by atoms with Crippen molar-refractivity contribution in [2.75, 3.05) is 0 Å². The van der Waals surface area contributed by atoms with Crippen molar-refractivity contribution in [3.63, 3.8) is 0 Å². The first-order valence-electron chi connectivity index (χ1n) is 8.61. The van der Waals surface area contributed by atoms with Crippen LogP contribution in [0.2, 0.25) is 0 Å². The molecule has 0 N–H and O–H groups in total. The lowest BCUT2D eigenvalue weighted by atomic mass is 9.75.